The number of thiazole rings is 1. The van der Waals surface area contributed by atoms with E-state index in [1.165, 1.54) is 11.3 Å². The number of hydrogen-bond donors (Lipinski definition) is 0. The van der Waals surface area contributed by atoms with Crippen molar-refractivity contribution in [2.75, 3.05) is 0 Å². The summed E-state index contributed by atoms with van der Waals surface area (Å²) in [5.41, 5.74) is 3.65. The molecule has 0 bridgehead atoms. The van der Waals surface area contributed by atoms with Crippen molar-refractivity contribution >= 4 is 34.6 Å². The van der Waals surface area contributed by atoms with Crippen LogP contribution in [0.3, 0.4) is 0 Å². The highest BCUT2D eigenvalue weighted by Crippen LogP contribution is 2.26. The molecule has 5 heteroatoms. The largest absolute Gasteiger partial charge is 0.265 e. The molecule has 4 nitrogen and oxygen atoms in total. The van der Waals surface area contributed by atoms with Crippen molar-refractivity contribution in [3.05, 3.63) is 34.8 Å². The van der Waals surface area contributed by atoms with Crippen LogP contribution >= 0.6 is 11.3 Å². The molecule has 86 valence electrons. The summed E-state index contributed by atoms with van der Waals surface area (Å²) in [5, 5.41) is 10.9. The zero-order valence-corrected chi connectivity index (χ0v) is 10.5. The van der Waals surface area contributed by atoms with E-state index in [0.717, 1.165) is 22.6 Å². The molecule has 2 rings (SSSR count). The van der Waals surface area contributed by atoms with E-state index < -0.39 is 0 Å². The van der Waals surface area contributed by atoms with E-state index in [0.29, 0.717) is 5.13 Å². The van der Waals surface area contributed by atoms with E-state index in [4.69, 9.17) is 0 Å². The summed E-state index contributed by atoms with van der Waals surface area (Å²) < 4.78 is 0. The Bertz CT molecular complexity index is 572. The molecule has 0 N–H and O–H groups in total. The number of nitrogens with zero attached hydrogens (tertiary/aromatic N) is 4. The number of rotatable bonds is 3. The molecular weight excluding hydrogens is 232 g/mol. The lowest BCUT2D eigenvalue weighted by molar-refractivity contribution is 1.15. The minimum atomic E-state index is 0.674. The summed E-state index contributed by atoms with van der Waals surface area (Å²) in [4.78, 5) is 8.08. The molecule has 0 aliphatic heterocycles. The van der Waals surface area contributed by atoms with Crippen LogP contribution in [-0.4, -0.2) is 11.7 Å². The summed E-state index contributed by atoms with van der Waals surface area (Å²) >= 11 is 1.48. The molecule has 2 aromatic rings. The Hall–Kier alpha value is -1.88. The second kappa shape index (κ2) is 4.97. The van der Waals surface area contributed by atoms with E-state index in [1.54, 1.807) is 0 Å². The topological polar surface area (TPSA) is 50.0 Å². The molecule has 0 atom stereocenters. The summed E-state index contributed by atoms with van der Waals surface area (Å²) in [6.45, 7) is 7.39. The molecular formula is C12H12N4S. The van der Waals surface area contributed by atoms with Crippen LogP contribution in [0.2, 0.25) is 0 Å². The van der Waals surface area contributed by atoms with Crippen LogP contribution in [0, 0.1) is 13.8 Å². The fraction of sp³-hybridized carbons (Fsp3) is 0.167. The normalized spacial score (nSPS) is 10.9. The van der Waals surface area contributed by atoms with Crippen LogP contribution in [0.5, 0.6) is 0 Å². The van der Waals surface area contributed by atoms with Crippen LogP contribution in [0.4, 0.5) is 16.5 Å². The Morgan fingerprint density at radius 3 is 2.65 bits per heavy atom. The highest BCUT2D eigenvalue weighted by molar-refractivity contribution is 7.13. The molecule has 0 amide bonds. The molecule has 1 aromatic carbocycles. The van der Waals surface area contributed by atoms with Crippen molar-refractivity contribution in [2.45, 2.75) is 13.8 Å². The SMILES string of the molecule is C=Nc1ccc(N=Nc2nc(C)cs2)c(C)c1. The van der Waals surface area contributed by atoms with Crippen molar-refractivity contribution in [1.82, 2.24) is 4.98 Å². The molecule has 0 unspecified atom stereocenters. The second-order valence-electron chi connectivity index (χ2n) is 3.60. The summed E-state index contributed by atoms with van der Waals surface area (Å²) in [5.74, 6) is 0. The van der Waals surface area contributed by atoms with Gasteiger partial charge in [0.25, 0.3) is 0 Å². The Balaban J connectivity index is 2.24. The molecule has 0 aliphatic carbocycles. The minimum Gasteiger partial charge on any atom is -0.265 e. The van der Waals surface area contributed by atoms with Gasteiger partial charge in [0.1, 0.15) is 0 Å². The van der Waals surface area contributed by atoms with E-state index >= 15 is 0 Å². The quantitative estimate of drug-likeness (QED) is 0.579. The zero-order valence-electron chi connectivity index (χ0n) is 9.71. The average Bonchev–Trinajstić information content (AvgIpc) is 2.73. The molecule has 0 aliphatic rings. The Morgan fingerprint density at radius 2 is 2.06 bits per heavy atom. The maximum absolute atomic E-state index is 4.22. The molecule has 17 heavy (non-hydrogen) atoms. The van der Waals surface area contributed by atoms with Gasteiger partial charge in [-0.2, -0.15) is 0 Å². The number of hydrogen-bond acceptors (Lipinski definition) is 5. The lowest BCUT2D eigenvalue weighted by atomic mass is 10.2. The first kappa shape index (κ1) is 11.6. The third kappa shape index (κ3) is 2.82. The Labute approximate surface area is 104 Å². The predicted octanol–water partition coefficient (Wildman–Crippen LogP) is 4.51. The first-order valence-electron chi connectivity index (χ1n) is 5.10. The predicted molar refractivity (Wildman–Crippen MR) is 71.4 cm³/mol. The number of aliphatic imine (C=N–C) groups is 1. The van der Waals surface area contributed by atoms with E-state index in [2.05, 4.69) is 26.9 Å². The number of aromatic nitrogens is 1. The van der Waals surface area contributed by atoms with Crippen molar-refractivity contribution < 1.29 is 0 Å². The van der Waals surface area contributed by atoms with Crippen LogP contribution in [0.15, 0.2) is 38.8 Å². The van der Waals surface area contributed by atoms with Gasteiger partial charge in [0, 0.05) is 5.38 Å². The van der Waals surface area contributed by atoms with Gasteiger partial charge in [-0.25, -0.2) is 4.98 Å². The molecule has 0 fully saturated rings. The first-order chi connectivity index (χ1) is 8.19. The van der Waals surface area contributed by atoms with Gasteiger partial charge < -0.3 is 0 Å². The molecule has 1 heterocycles. The van der Waals surface area contributed by atoms with Gasteiger partial charge in [-0.15, -0.1) is 21.6 Å². The van der Waals surface area contributed by atoms with Crippen molar-refractivity contribution in [2.24, 2.45) is 15.2 Å². The third-order valence-corrected chi connectivity index (χ3v) is 3.06. The fourth-order valence-corrected chi connectivity index (χ4v) is 1.95. The maximum atomic E-state index is 4.22. The standard InChI is InChI=1S/C12H12N4S/c1-8-6-10(13-3)4-5-11(8)15-16-12-14-9(2)7-17-12/h4-7H,3H2,1-2H3. The second-order valence-corrected chi connectivity index (χ2v) is 4.44. The Morgan fingerprint density at radius 1 is 1.24 bits per heavy atom. The summed E-state index contributed by atoms with van der Waals surface area (Å²) in [6, 6.07) is 5.67. The van der Waals surface area contributed by atoms with E-state index in [9.17, 15) is 0 Å². The number of azo groups is 1. The molecule has 1 aromatic heterocycles. The molecule has 0 saturated heterocycles. The minimum absolute atomic E-state index is 0.674. The lowest BCUT2D eigenvalue weighted by Gasteiger charge is -1.99. The van der Waals surface area contributed by atoms with Gasteiger partial charge >= 0.3 is 0 Å². The fourth-order valence-electron chi connectivity index (χ4n) is 1.33. The first-order valence-corrected chi connectivity index (χ1v) is 5.98. The van der Waals surface area contributed by atoms with Crippen molar-refractivity contribution in [3.8, 4) is 0 Å². The van der Waals surface area contributed by atoms with Crippen LogP contribution in [-0.2, 0) is 0 Å². The maximum Gasteiger partial charge on any atom is 0.230 e. The highest BCUT2D eigenvalue weighted by atomic mass is 32.1. The Kier molecular flexibility index (Phi) is 3.39. The van der Waals surface area contributed by atoms with Gasteiger partial charge in [0.05, 0.1) is 17.1 Å². The van der Waals surface area contributed by atoms with Crippen LogP contribution < -0.4 is 0 Å². The molecule has 0 spiro atoms. The smallest absolute Gasteiger partial charge is 0.230 e. The van der Waals surface area contributed by atoms with Gasteiger partial charge in [-0.05, 0) is 44.3 Å². The number of benzene rings is 1. The molecule has 0 saturated carbocycles. The van der Waals surface area contributed by atoms with Crippen LogP contribution in [0.25, 0.3) is 0 Å². The monoisotopic (exact) mass is 244 g/mol. The van der Waals surface area contributed by atoms with E-state index in [-0.39, 0.29) is 0 Å². The summed E-state index contributed by atoms with van der Waals surface area (Å²) in [7, 11) is 0. The molecule has 0 radical (unpaired) electrons. The lowest BCUT2D eigenvalue weighted by Crippen LogP contribution is -1.73. The van der Waals surface area contributed by atoms with Gasteiger partial charge in [0.2, 0.25) is 5.13 Å². The highest BCUT2D eigenvalue weighted by Gasteiger charge is 1.99. The number of aryl methyl sites for hydroxylation is 2. The zero-order chi connectivity index (χ0) is 12.3. The van der Waals surface area contributed by atoms with E-state index in [1.807, 2.05) is 37.4 Å². The van der Waals surface area contributed by atoms with Gasteiger partial charge in [-0.3, -0.25) is 4.99 Å². The van der Waals surface area contributed by atoms with Crippen molar-refractivity contribution in [1.29, 1.82) is 0 Å². The van der Waals surface area contributed by atoms with Crippen molar-refractivity contribution in [3.63, 3.8) is 0 Å². The van der Waals surface area contributed by atoms with Crippen LogP contribution in [0.1, 0.15) is 11.3 Å². The van der Waals surface area contributed by atoms with Gasteiger partial charge in [0.15, 0.2) is 0 Å². The average molecular weight is 244 g/mol. The van der Waals surface area contributed by atoms with Gasteiger partial charge in [-0.1, -0.05) is 0 Å². The third-order valence-electron chi connectivity index (χ3n) is 2.21. The summed E-state index contributed by atoms with van der Waals surface area (Å²) in [6.07, 6.45) is 0.